The standard InChI is InChI=1S/C14H10N2O4/c15-8-11-3-1-2-4-13(11)20-14-6-5-10(9-17)7-12(14)16(18)19/h1-7,17H,9H2. The molecule has 0 radical (unpaired) electrons. The van der Waals surface area contributed by atoms with Gasteiger partial charge in [-0.2, -0.15) is 5.26 Å². The van der Waals surface area contributed by atoms with Crippen molar-refractivity contribution in [1.29, 1.82) is 5.26 Å². The molecule has 0 saturated heterocycles. The number of aliphatic hydroxyl groups is 1. The molecule has 0 aliphatic heterocycles. The third kappa shape index (κ3) is 2.74. The minimum Gasteiger partial charge on any atom is -0.449 e. The zero-order chi connectivity index (χ0) is 14.5. The Labute approximate surface area is 114 Å². The largest absolute Gasteiger partial charge is 0.449 e. The van der Waals surface area contributed by atoms with Gasteiger partial charge in [0.25, 0.3) is 0 Å². The highest BCUT2D eigenvalue weighted by Crippen LogP contribution is 2.33. The summed E-state index contributed by atoms with van der Waals surface area (Å²) in [5, 5.41) is 29.0. The maximum absolute atomic E-state index is 11.0. The second kappa shape index (κ2) is 5.82. The number of nitro benzene ring substituents is 1. The quantitative estimate of drug-likeness (QED) is 0.680. The number of nitriles is 1. The van der Waals surface area contributed by atoms with Crippen LogP contribution in [0.15, 0.2) is 42.5 Å². The molecule has 2 aromatic carbocycles. The monoisotopic (exact) mass is 270 g/mol. The fraction of sp³-hybridized carbons (Fsp3) is 0.0714. The summed E-state index contributed by atoms with van der Waals surface area (Å²) in [5.41, 5.74) is 0.440. The van der Waals surface area contributed by atoms with Gasteiger partial charge in [-0.15, -0.1) is 0 Å². The average molecular weight is 270 g/mol. The van der Waals surface area contributed by atoms with Crippen LogP contribution in [0.1, 0.15) is 11.1 Å². The minimum absolute atomic E-state index is 0.0231. The zero-order valence-electron chi connectivity index (χ0n) is 10.3. The smallest absolute Gasteiger partial charge is 0.311 e. The first-order valence-electron chi connectivity index (χ1n) is 5.71. The van der Waals surface area contributed by atoms with Crippen LogP contribution in [-0.2, 0) is 6.61 Å². The Morgan fingerprint density at radius 1 is 1.25 bits per heavy atom. The lowest BCUT2D eigenvalue weighted by Crippen LogP contribution is -1.96. The molecule has 0 bridgehead atoms. The van der Waals surface area contributed by atoms with Crippen molar-refractivity contribution in [3.63, 3.8) is 0 Å². The molecule has 20 heavy (non-hydrogen) atoms. The number of para-hydroxylation sites is 1. The molecular formula is C14H10N2O4. The average Bonchev–Trinajstić information content (AvgIpc) is 2.48. The van der Waals surface area contributed by atoms with Crippen molar-refractivity contribution in [2.45, 2.75) is 6.61 Å². The van der Waals surface area contributed by atoms with Crippen molar-refractivity contribution in [3.05, 3.63) is 63.7 Å². The molecule has 0 fully saturated rings. The Morgan fingerprint density at radius 2 is 2.00 bits per heavy atom. The van der Waals surface area contributed by atoms with Crippen molar-refractivity contribution in [1.82, 2.24) is 0 Å². The lowest BCUT2D eigenvalue weighted by molar-refractivity contribution is -0.385. The van der Waals surface area contributed by atoms with Crippen LogP contribution in [-0.4, -0.2) is 10.0 Å². The van der Waals surface area contributed by atoms with Crippen molar-refractivity contribution >= 4 is 5.69 Å². The second-order valence-electron chi connectivity index (χ2n) is 3.93. The molecule has 6 nitrogen and oxygen atoms in total. The molecule has 1 N–H and O–H groups in total. The second-order valence-corrected chi connectivity index (χ2v) is 3.93. The van der Waals surface area contributed by atoms with Crippen LogP contribution < -0.4 is 4.74 Å². The van der Waals surface area contributed by atoms with E-state index < -0.39 is 4.92 Å². The number of hydrogen-bond donors (Lipinski definition) is 1. The number of nitrogens with zero attached hydrogens (tertiary/aromatic N) is 2. The third-order valence-corrected chi connectivity index (χ3v) is 2.63. The molecule has 0 atom stereocenters. The number of ether oxygens (including phenoxy) is 1. The van der Waals surface area contributed by atoms with Crippen LogP contribution in [0, 0.1) is 21.4 Å². The zero-order valence-corrected chi connectivity index (χ0v) is 10.3. The number of nitro groups is 1. The summed E-state index contributed by atoms with van der Waals surface area (Å²) >= 11 is 0. The normalized spacial score (nSPS) is 9.80. The highest BCUT2D eigenvalue weighted by Gasteiger charge is 2.17. The molecule has 0 unspecified atom stereocenters. The number of aliphatic hydroxyl groups excluding tert-OH is 1. The lowest BCUT2D eigenvalue weighted by atomic mass is 10.2. The minimum atomic E-state index is -0.594. The van der Waals surface area contributed by atoms with Gasteiger partial charge in [-0.25, -0.2) is 0 Å². The van der Waals surface area contributed by atoms with Crippen LogP contribution >= 0.6 is 0 Å². The van der Waals surface area contributed by atoms with Crippen molar-refractivity contribution in [2.75, 3.05) is 0 Å². The molecule has 2 rings (SSSR count). The predicted molar refractivity (Wildman–Crippen MR) is 70.3 cm³/mol. The maximum Gasteiger partial charge on any atom is 0.311 e. The molecule has 0 aliphatic carbocycles. The van der Waals surface area contributed by atoms with E-state index in [-0.39, 0.29) is 29.4 Å². The van der Waals surface area contributed by atoms with Gasteiger partial charge in [-0.1, -0.05) is 18.2 Å². The molecule has 6 heteroatoms. The highest BCUT2D eigenvalue weighted by molar-refractivity contribution is 5.52. The summed E-state index contributed by atoms with van der Waals surface area (Å²) in [7, 11) is 0. The Balaban J connectivity index is 2.43. The highest BCUT2D eigenvalue weighted by atomic mass is 16.6. The molecule has 0 saturated carbocycles. The van der Waals surface area contributed by atoms with E-state index in [0.717, 1.165) is 0 Å². The van der Waals surface area contributed by atoms with Crippen molar-refractivity contribution in [3.8, 4) is 17.6 Å². The molecule has 100 valence electrons. The van der Waals surface area contributed by atoms with Gasteiger partial charge in [0.05, 0.1) is 17.1 Å². The number of hydrogen-bond acceptors (Lipinski definition) is 5. The summed E-state index contributed by atoms with van der Waals surface area (Å²) in [6.45, 7) is -0.296. The number of rotatable bonds is 4. The van der Waals surface area contributed by atoms with E-state index in [1.54, 1.807) is 24.3 Å². The van der Waals surface area contributed by atoms with Crippen molar-refractivity contribution in [2.24, 2.45) is 0 Å². The van der Waals surface area contributed by atoms with Gasteiger partial charge < -0.3 is 9.84 Å². The van der Waals surface area contributed by atoms with Crippen LogP contribution in [0.5, 0.6) is 11.5 Å². The van der Waals surface area contributed by atoms with Gasteiger partial charge in [-0.3, -0.25) is 10.1 Å². The maximum atomic E-state index is 11.0. The first-order valence-corrected chi connectivity index (χ1v) is 5.71. The van der Waals surface area contributed by atoms with E-state index in [1.807, 2.05) is 6.07 Å². The first-order chi connectivity index (χ1) is 9.65. The summed E-state index contributed by atoms with van der Waals surface area (Å²) in [6.07, 6.45) is 0. The summed E-state index contributed by atoms with van der Waals surface area (Å²) in [6, 6.07) is 12.6. The van der Waals surface area contributed by atoms with E-state index in [9.17, 15) is 10.1 Å². The van der Waals surface area contributed by atoms with Crippen LogP contribution in [0.25, 0.3) is 0 Å². The SMILES string of the molecule is N#Cc1ccccc1Oc1ccc(CO)cc1[N+](=O)[O-]. The Kier molecular flexibility index (Phi) is 3.93. The Hall–Kier alpha value is -2.91. The summed E-state index contributed by atoms with van der Waals surface area (Å²) in [5.74, 6) is 0.268. The molecule has 0 heterocycles. The Morgan fingerprint density at radius 3 is 2.65 bits per heavy atom. The first kappa shape index (κ1) is 13.5. The van der Waals surface area contributed by atoms with E-state index in [1.165, 1.54) is 18.2 Å². The number of benzene rings is 2. The fourth-order valence-corrected chi connectivity index (χ4v) is 1.66. The topological polar surface area (TPSA) is 96.4 Å². The van der Waals surface area contributed by atoms with Gasteiger partial charge in [-0.05, 0) is 23.8 Å². The van der Waals surface area contributed by atoms with Crippen molar-refractivity contribution < 1.29 is 14.8 Å². The molecule has 2 aromatic rings. The molecule has 0 aliphatic rings. The molecule has 0 amide bonds. The van der Waals surface area contributed by atoms with E-state index in [4.69, 9.17) is 15.1 Å². The Bertz CT molecular complexity index is 692. The molecule has 0 spiro atoms. The van der Waals surface area contributed by atoms with Gasteiger partial charge in [0, 0.05) is 6.07 Å². The fourth-order valence-electron chi connectivity index (χ4n) is 1.66. The third-order valence-electron chi connectivity index (χ3n) is 2.63. The van der Waals surface area contributed by atoms with Gasteiger partial charge in [0.1, 0.15) is 11.8 Å². The van der Waals surface area contributed by atoms with Gasteiger partial charge in [0.15, 0.2) is 0 Å². The van der Waals surface area contributed by atoms with Crippen LogP contribution in [0.2, 0.25) is 0 Å². The van der Waals surface area contributed by atoms with Crippen LogP contribution in [0.3, 0.4) is 0 Å². The van der Waals surface area contributed by atoms with E-state index >= 15 is 0 Å². The van der Waals surface area contributed by atoms with E-state index in [2.05, 4.69) is 0 Å². The van der Waals surface area contributed by atoms with Gasteiger partial charge in [0.2, 0.25) is 5.75 Å². The summed E-state index contributed by atoms with van der Waals surface area (Å²) < 4.78 is 5.45. The van der Waals surface area contributed by atoms with E-state index in [0.29, 0.717) is 5.56 Å². The molecular weight excluding hydrogens is 260 g/mol. The van der Waals surface area contributed by atoms with Crippen LogP contribution in [0.4, 0.5) is 5.69 Å². The summed E-state index contributed by atoms with van der Waals surface area (Å²) in [4.78, 5) is 10.4. The van der Waals surface area contributed by atoms with Gasteiger partial charge >= 0.3 is 5.69 Å². The predicted octanol–water partition coefficient (Wildman–Crippen LogP) is 2.75. The lowest BCUT2D eigenvalue weighted by Gasteiger charge is -2.08. The molecule has 0 aromatic heterocycles.